The quantitative estimate of drug-likeness (QED) is 0.832. The van der Waals surface area contributed by atoms with E-state index in [0.29, 0.717) is 17.9 Å². The second-order valence-corrected chi connectivity index (χ2v) is 9.97. The number of fused-ring (bicyclic) bond motifs is 2. The summed E-state index contributed by atoms with van der Waals surface area (Å²) in [6, 6.07) is 10.7. The molecule has 3 fully saturated rings. The van der Waals surface area contributed by atoms with Crippen LogP contribution in [0.3, 0.4) is 0 Å². The Kier molecular flexibility index (Phi) is 5.17. The molecule has 0 spiro atoms. The van der Waals surface area contributed by atoms with E-state index in [0.717, 1.165) is 50.8 Å². The van der Waals surface area contributed by atoms with Crippen LogP contribution in [0.2, 0.25) is 0 Å². The lowest BCUT2D eigenvalue weighted by atomic mass is 9.68. The van der Waals surface area contributed by atoms with E-state index in [1.165, 1.54) is 0 Å². The van der Waals surface area contributed by atoms with Crippen molar-refractivity contribution < 1.29 is 14.6 Å². The molecule has 5 nitrogen and oxygen atoms in total. The molecule has 154 valence electrons. The van der Waals surface area contributed by atoms with E-state index < -0.39 is 5.60 Å². The molecule has 1 aromatic rings. The topological polar surface area (TPSA) is 61.8 Å². The number of hydrogen-bond acceptors (Lipinski definition) is 4. The zero-order valence-corrected chi connectivity index (χ0v) is 17.4. The summed E-state index contributed by atoms with van der Waals surface area (Å²) in [4.78, 5) is 14.6. The molecule has 5 heteroatoms. The summed E-state index contributed by atoms with van der Waals surface area (Å²) in [5.41, 5.74) is 0.141. The summed E-state index contributed by atoms with van der Waals surface area (Å²) < 4.78 is 5.65. The molecule has 2 aliphatic carbocycles. The molecule has 4 rings (SSSR count). The highest BCUT2D eigenvalue weighted by molar-refractivity contribution is 5.68. The molecule has 3 unspecified atom stereocenters. The molecule has 2 bridgehead atoms. The van der Waals surface area contributed by atoms with Crippen molar-refractivity contribution in [3.8, 4) is 0 Å². The molecule has 1 aliphatic heterocycles. The monoisotopic (exact) mass is 386 g/mol. The summed E-state index contributed by atoms with van der Waals surface area (Å²) in [6.07, 6.45) is 4.82. The third kappa shape index (κ3) is 3.79. The Hall–Kier alpha value is -1.59. The Morgan fingerprint density at radius 1 is 1.14 bits per heavy atom. The molecule has 1 amide bonds. The highest BCUT2D eigenvalue weighted by atomic mass is 16.6. The highest BCUT2D eigenvalue weighted by Crippen LogP contribution is 2.56. The third-order valence-corrected chi connectivity index (χ3v) is 6.90. The minimum atomic E-state index is -0.667. The van der Waals surface area contributed by atoms with Crippen LogP contribution in [0.25, 0.3) is 0 Å². The molecule has 2 saturated carbocycles. The van der Waals surface area contributed by atoms with Crippen molar-refractivity contribution in [1.82, 2.24) is 10.2 Å². The van der Waals surface area contributed by atoms with Gasteiger partial charge in [-0.15, -0.1) is 0 Å². The van der Waals surface area contributed by atoms with E-state index in [9.17, 15) is 9.90 Å². The lowest BCUT2D eigenvalue weighted by molar-refractivity contribution is -0.0861. The molecule has 1 aromatic carbocycles. The van der Waals surface area contributed by atoms with E-state index >= 15 is 0 Å². The first-order chi connectivity index (χ1) is 13.3. The molecule has 2 N–H and O–H groups in total. The maximum Gasteiger partial charge on any atom is 0.407 e. The van der Waals surface area contributed by atoms with Crippen LogP contribution in [-0.4, -0.2) is 46.9 Å². The van der Waals surface area contributed by atoms with E-state index in [2.05, 4.69) is 22.3 Å². The minimum absolute atomic E-state index is 0.0325. The average molecular weight is 387 g/mol. The first-order valence-electron chi connectivity index (χ1n) is 10.8. The van der Waals surface area contributed by atoms with Gasteiger partial charge in [0.05, 0.1) is 5.60 Å². The lowest BCUT2D eigenvalue weighted by Crippen LogP contribution is -2.49. The number of aliphatic hydroxyl groups is 1. The molecule has 1 saturated heterocycles. The van der Waals surface area contributed by atoms with Crippen LogP contribution >= 0.6 is 0 Å². The number of benzene rings is 1. The molecule has 28 heavy (non-hydrogen) atoms. The molecule has 3 aliphatic rings. The normalized spacial score (nSPS) is 35.7. The fourth-order valence-corrected chi connectivity index (χ4v) is 5.67. The summed E-state index contributed by atoms with van der Waals surface area (Å²) in [5, 5.41) is 14.5. The number of carbonyl (C=O) groups excluding carboxylic acids is 1. The van der Waals surface area contributed by atoms with Crippen LogP contribution in [0.5, 0.6) is 0 Å². The Labute approximate surface area is 168 Å². The van der Waals surface area contributed by atoms with E-state index in [4.69, 9.17) is 4.74 Å². The Morgan fingerprint density at radius 2 is 1.79 bits per heavy atom. The Balaban J connectivity index is 1.36. The van der Waals surface area contributed by atoms with Crippen molar-refractivity contribution in [3.63, 3.8) is 0 Å². The van der Waals surface area contributed by atoms with Gasteiger partial charge in [0.15, 0.2) is 0 Å². The number of nitrogens with one attached hydrogen (secondary N) is 1. The maximum absolute atomic E-state index is 12.1. The van der Waals surface area contributed by atoms with Crippen LogP contribution < -0.4 is 5.32 Å². The maximum atomic E-state index is 12.1. The fourth-order valence-electron chi connectivity index (χ4n) is 5.67. The zero-order valence-electron chi connectivity index (χ0n) is 17.4. The van der Waals surface area contributed by atoms with Crippen LogP contribution in [0, 0.1) is 11.8 Å². The second kappa shape index (κ2) is 7.34. The third-order valence-electron chi connectivity index (χ3n) is 6.90. The highest BCUT2D eigenvalue weighted by Gasteiger charge is 2.55. The minimum Gasteiger partial charge on any atom is -0.445 e. The standard InChI is InChI=1S/C23H34N2O3/c1-22(2,3)24-21(26)28-20-11-12-25(15-20)19-13-17-9-10-18(14-19)23(17,27)16-7-5-4-6-8-16/h4-8,17-20,27H,9-15H2,1-3H3,(H,24,26). The molecular weight excluding hydrogens is 352 g/mol. The lowest BCUT2D eigenvalue weighted by Gasteiger charge is -2.45. The summed E-state index contributed by atoms with van der Waals surface area (Å²) in [6.45, 7) is 7.66. The number of rotatable bonds is 3. The summed E-state index contributed by atoms with van der Waals surface area (Å²) in [7, 11) is 0. The predicted octanol–water partition coefficient (Wildman–Crippen LogP) is 3.66. The van der Waals surface area contributed by atoms with Gasteiger partial charge in [0.1, 0.15) is 6.10 Å². The van der Waals surface area contributed by atoms with E-state index in [-0.39, 0.29) is 17.7 Å². The Bertz CT molecular complexity index is 686. The number of amides is 1. The summed E-state index contributed by atoms with van der Waals surface area (Å²) >= 11 is 0. The molecular formula is C23H34N2O3. The van der Waals surface area contributed by atoms with Crippen LogP contribution in [0.1, 0.15) is 58.4 Å². The van der Waals surface area contributed by atoms with Crippen LogP contribution in [-0.2, 0) is 10.3 Å². The fraction of sp³-hybridized carbons (Fsp3) is 0.696. The van der Waals surface area contributed by atoms with Crippen LogP contribution in [0.4, 0.5) is 4.79 Å². The van der Waals surface area contributed by atoms with Crippen molar-refractivity contribution in [3.05, 3.63) is 35.9 Å². The number of carbonyl (C=O) groups is 1. The van der Waals surface area contributed by atoms with Crippen molar-refractivity contribution >= 4 is 6.09 Å². The number of hydrogen-bond donors (Lipinski definition) is 2. The van der Waals surface area contributed by atoms with Crippen molar-refractivity contribution in [1.29, 1.82) is 0 Å². The van der Waals surface area contributed by atoms with Gasteiger partial charge in [0, 0.05) is 24.7 Å². The predicted molar refractivity (Wildman–Crippen MR) is 109 cm³/mol. The van der Waals surface area contributed by atoms with Gasteiger partial charge < -0.3 is 15.2 Å². The SMILES string of the molecule is CC(C)(C)NC(=O)OC1CCN(C2CC3CCC(C2)C3(O)c2ccccc2)C1. The number of ether oxygens (including phenoxy) is 1. The zero-order chi connectivity index (χ0) is 19.9. The van der Waals surface area contributed by atoms with Gasteiger partial charge in [0.2, 0.25) is 0 Å². The van der Waals surface area contributed by atoms with Gasteiger partial charge in [-0.2, -0.15) is 0 Å². The van der Waals surface area contributed by atoms with E-state index in [1.54, 1.807) is 0 Å². The van der Waals surface area contributed by atoms with Gasteiger partial charge >= 0.3 is 6.09 Å². The first kappa shape index (κ1) is 19.7. The number of likely N-dealkylation sites (tertiary alicyclic amines) is 1. The van der Waals surface area contributed by atoms with Gasteiger partial charge in [-0.3, -0.25) is 4.90 Å². The molecule has 1 heterocycles. The van der Waals surface area contributed by atoms with Gasteiger partial charge in [-0.25, -0.2) is 4.79 Å². The van der Waals surface area contributed by atoms with Crippen molar-refractivity contribution in [2.45, 2.75) is 76.2 Å². The number of alkyl carbamates (subject to hydrolysis) is 1. The smallest absolute Gasteiger partial charge is 0.407 e. The van der Waals surface area contributed by atoms with Gasteiger partial charge in [-0.1, -0.05) is 30.3 Å². The average Bonchev–Trinajstić information content (AvgIpc) is 3.12. The molecule has 0 aromatic heterocycles. The van der Waals surface area contributed by atoms with Gasteiger partial charge in [-0.05, 0) is 70.3 Å². The number of nitrogens with zero attached hydrogens (tertiary/aromatic N) is 1. The molecule has 3 atom stereocenters. The molecule has 0 radical (unpaired) electrons. The second-order valence-electron chi connectivity index (χ2n) is 9.97. The Morgan fingerprint density at radius 3 is 2.39 bits per heavy atom. The van der Waals surface area contributed by atoms with Gasteiger partial charge in [0.25, 0.3) is 0 Å². The van der Waals surface area contributed by atoms with E-state index in [1.807, 2.05) is 39.0 Å². The van der Waals surface area contributed by atoms with Crippen molar-refractivity contribution in [2.24, 2.45) is 11.8 Å². The first-order valence-corrected chi connectivity index (χ1v) is 10.8. The van der Waals surface area contributed by atoms with Crippen molar-refractivity contribution in [2.75, 3.05) is 13.1 Å². The van der Waals surface area contributed by atoms with Crippen LogP contribution in [0.15, 0.2) is 30.3 Å². The largest absolute Gasteiger partial charge is 0.445 e. The summed E-state index contributed by atoms with van der Waals surface area (Å²) in [5.74, 6) is 0.644.